The lowest BCUT2D eigenvalue weighted by atomic mass is 10.2. The van der Waals surface area contributed by atoms with Gasteiger partial charge in [-0.15, -0.1) is 0 Å². The maximum Gasteiger partial charge on any atom is 0.323 e. The van der Waals surface area contributed by atoms with E-state index in [1.165, 1.54) is 0 Å². The van der Waals surface area contributed by atoms with E-state index in [1.54, 1.807) is 6.08 Å². The first-order valence-electron chi connectivity index (χ1n) is 5.87. The molecule has 1 saturated heterocycles. The van der Waals surface area contributed by atoms with E-state index >= 15 is 0 Å². The van der Waals surface area contributed by atoms with E-state index in [-0.39, 0.29) is 10.2 Å². The monoisotopic (exact) mass is 383 g/mol. The van der Waals surface area contributed by atoms with Gasteiger partial charge < -0.3 is 5.11 Å². The Balaban J connectivity index is 2.18. The fraction of sp³-hybridized carbons (Fsp3) is 0.0714. The van der Waals surface area contributed by atoms with E-state index in [0.717, 1.165) is 22.2 Å². The van der Waals surface area contributed by atoms with Crippen molar-refractivity contribution in [1.82, 2.24) is 4.90 Å². The number of allylic oxidation sites excluding steroid dienone is 2. The number of aliphatic carboxylic acids is 1. The average molecular weight is 384 g/mol. The highest BCUT2D eigenvalue weighted by Crippen LogP contribution is 2.32. The van der Waals surface area contributed by atoms with Crippen LogP contribution < -0.4 is 0 Å². The minimum Gasteiger partial charge on any atom is -0.480 e. The highest BCUT2D eigenvalue weighted by molar-refractivity contribution is 9.12. The molecule has 7 heteroatoms. The van der Waals surface area contributed by atoms with Crippen LogP contribution in [0.15, 0.2) is 45.8 Å². The number of nitrogens with zero attached hydrogens (tertiary/aromatic N) is 1. The molecule has 4 nitrogen and oxygen atoms in total. The second-order valence-corrected chi connectivity index (χ2v) is 6.69. The molecule has 0 radical (unpaired) electrons. The first-order chi connectivity index (χ1) is 9.97. The molecule has 1 aromatic carbocycles. The first kappa shape index (κ1) is 15.9. The van der Waals surface area contributed by atoms with Crippen molar-refractivity contribution < 1.29 is 14.7 Å². The molecule has 0 saturated carbocycles. The van der Waals surface area contributed by atoms with Gasteiger partial charge in [0.15, 0.2) is 0 Å². The van der Waals surface area contributed by atoms with Crippen LogP contribution in [0.3, 0.4) is 0 Å². The van der Waals surface area contributed by atoms with Crippen LogP contribution in [0, 0.1) is 0 Å². The maximum atomic E-state index is 12.1. The fourth-order valence-corrected chi connectivity index (χ4v) is 3.54. The van der Waals surface area contributed by atoms with Gasteiger partial charge in [0.25, 0.3) is 5.91 Å². The third-order valence-corrected chi connectivity index (χ3v) is 4.38. The summed E-state index contributed by atoms with van der Waals surface area (Å²) in [6.07, 6.45) is 3.51. The van der Waals surface area contributed by atoms with Crippen LogP contribution >= 0.6 is 39.9 Å². The highest BCUT2D eigenvalue weighted by atomic mass is 79.9. The molecule has 1 fully saturated rings. The zero-order valence-electron chi connectivity index (χ0n) is 10.7. The summed E-state index contributed by atoms with van der Waals surface area (Å²) in [6, 6.07) is 9.62. The maximum absolute atomic E-state index is 12.1. The van der Waals surface area contributed by atoms with E-state index in [2.05, 4.69) is 15.9 Å². The molecule has 0 aliphatic carbocycles. The molecule has 108 valence electrons. The van der Waals surface area contributed by atoms with Gasteiger partial charge in [-0.2, -0.15) is 0 Å². The van der Waals surface area contributed by atoms with Crippen molar-refractivity contribution >= 4 is 62.2 Å². The number of halogens is 1. The standard InChI is InChI=1S/C14H10BrNO3S2/c15-10(6-9-4-2-1-3-5-9)7-11-13(19)16(8-12(17)18)14(20)21-11/h1-7H,8H2,(H,17,18)/b10-6+,11-7?. The Morgan fingerprint density at radius 2 is 2.05 bits per heavy atom. The van der Waals surface area contributed by atoms with Gasteiger partial charge in [-0.1, -0.05) is 70.2 Å². The number of thioether (sulfide) groups is 1. The van der Waals surface area contributed by atoms with Crippen molar-refractivity contribution in [3.05, 3.63) is 51.4 Å². The van der Waals surface area contributed by atoms with Gasteiger partial charge in [-0.05, 0) is 17.7 Å². The molecule has 0 aromatic heterocycles. The summed E-state index contributed by atoms with van der Waals surface area (Å²) < 4.78 is 0.971. The van der Waals surface area contributed by atoms with E-state index in [4.69, 9.17) is 17.3 Å². The lowest BCUT2D eigenvalue weighted by molar-refractivity contribution is -0.140. The van der Waals surface area contributed by atoms with Crippen molar-refractivity contribution in [2.45, 2.75) is 0 Å². The summed E-state index contributed by atoms with van der Waals surface area (Å²) >= 11 is 9.51. The summed E-state index contributed by atoms with van der Waals surface area (Å²) in [6.45, 7) is -0.415. The second-order valence-electron chi connectivity index (χ2n) is 4.10. The number of amides is 1. The summed E-state index contributed by atoms with van der Waals surface area (Å²) in [4.78, 5) is 24.3. The van der Waals surface area contributed by atoms with Crippen LogP contribution in [0.5, 0.6) is 0 Å². The Hall–Kier alpha value is -1.44. The minimum absolute atomic E-state index is 0.258. The summed E-state index contributed by atoms with van der Waals surface area (Å²) in [5.41, 5.74) is 0.988. The van der Waals surface area contributed by atoms with Crippen LogP contribution in [0.4, 0.5) is 0 Å². The SMILES string of the molecule is O=C(O)CN1C(=O)C(=C/C(Br)=C\c2ccccc2)SC1=S. The molecule has 1 heterocycles. The summed E-state index contributed by atoms with van der Waals surface area (Å²) in [5, 5.41) is 8.77. The first-order valence-corrected chi connectivity index (χ1v) is 7.88. The quantitative estimate of drug-likeness (QED) is 0.638. The van der Waals surface area contributed by atoms with E-state index in [9.17, 15) is 9.59 Å². The number of thiocarbonyl (C=S) groups is 1. The number of rotatable bonds is 4. The van der Waals surface area contributed by atoms with Gasteiger partial charge in [0.2, 0.25) is 0 Å². The number of carboxylic acids is 1. The number of hydrogen-bond acceptors (Lipinski definition) is 4. The Morgan fingerprint density at radius 3 is 2.67 bits per heavy atom. The number of hydrogen-bond donors (Lipinski definition) is 1. The zero-order chi connectivity index (χ0) is 15.4. The van der Waals surface area contributed by atoms with Gasteiger partial charge in [-0.3, -0.25) is 14.5 Å². The molecule has 1 aliphatic heterocycles. The normalized spacial score (nSPS) is 17.7. The molecule has 0 spiro atoms. The third kappa shape index (κ3) is 4.26. The summed E-state index contributed by atoms with van der Waals surface area (Å²) in [7, 11) is 0. The Morgan fingerprint density at radius 1 is 1.38 bits per heavy atom. The topological polar surface area (TPSA) is 57.6 Å². The lowest BCUT2D eigenvalue weighted by Gasteiger charge is -2.10. The molecular formula is C14H10BrNO3S2. The molecule has 1 N–H and O–H groups in total. The van der Waals surface area contributed by atoms with Crippen molar-refractivity contribution in [2.75, 3.05) is 6.54 Å². The van der Waals surface area contributed by atoms with Gasteiger partial charge >= 0.3 is 5.97 Å². The van der Waals surface area contributed by atoms with Crippen molar-refractivity contribution in [1.29, 1.82) is 0 Å². The fourth-order valence-electron chi connectivity index (χ4n) is 1.65. The van der Waals surface area contributed by atoms with E-state index < -0.39 is 12.5 Å². The van der Waals surface area contributed by atoms with Crippen LogP contribution in [-0.4, -0.2) is 32.7 Å². The highest BCUT2D eigenvalue weighted by Gasteiger charge is 2.33. The number of carboxylic acid groups (broad SMARTS) is 1. The van der Waals surface area contributed by atoms with Gasteiger partial charge in [0.1, 0.15) is 10.9 Å². The van der Waals surface area contributed by atoms with Gasteiger partial charge in [0.05, 0.1) is 4.91 Å². The Labute approximate surface area is 139 Å². The predicted molar refractivity (Wildman–Crippen MR) is 91.0 cm³/mol. The van der Waals surface area contributed by atoms with Gasteiger partial charge in [-0.25, -0.2) is 0 Å². The van der Waals surface area contributed by atoms with Crippen molar-refractivity contribution in [2.24, 2.45) is 0 Å². The van der Waals surface area contributed by atoms with Crippen LogP contribution in [0.25, 0.3) is 6.08 Å². The Kier molecular flexibility index (Phi) is 5.33. The van der Waals surface area contributed by atoms with E-state index in [1.807, 2.05) is 36.4 Å². The molecule has 1 aliphatic rings. The molecular weight excluding hydrogens is 374 g/mol. The smallest absolute Gasteiger partial charge is 0.323 e. The number of carbonyl (C=O) groups is 2. The summed E-state index contributed by atoms with van der Waals surface area (Å²) in [5.74, 6) is -1.47. The predicted octanol–water partition coefficient (Wildman–Crippen LogP) is 3.25. The molecule has 0 atom stereocenters. The molecule has 1 amide bonds. The number of carbonyl (C=O) groups excluding carboxylic acids is 1. The minimum atomic E-state index is -1.09. The van der Waals surface area contributed by atoms with Crippen molar-refractivity contribution in [3.8, 4) is 0 Å². The zero-order valence-corrected chi connectivity index (χ0v) is 13.9. The Bertz CT molecular complexity index is 655. The van der Waals surface area contributed by atoms with E-state index in [0.29, 0.717) is 9.39 Å². The number of benzene rings is 1. The molecule has 0 unspecified atom stereocenters. The third-order valence-electron chi connectivity index (χ3n) is 2.54. The van der Waals surface area contributed by atoms with Gasteiger partial charge in [0, 0.05) is 4.48 Å². The lowest BCUT2D eigenvalue weighted by Crippen LogP contribution is -2.33. The molecule has 2 rings (SSSR count). The second kappa shape index (κ2) is 7.02. The largest absolute Gasteiger partial charge is 0.480 e. The molecule has 21 heavy (non-hydrogen) atoms. The van der Waals surface area contributed by atoms with Crippen LogP contribution in [-0.2, 0) is 9.59 Å². The van der Waals surface area contributed by atoms with Crippen LogP contribution in [0.1, 0.15) is 5.56 Å². The molecule has 1 aromatic rings. The average Bonchev–Trinajstić information content (AvgIpc) is 2.67. The van der Waals surface area contributed by atoms with Crippen LogP contribution in [0.2, 0.25) is 0 Å². The molecule has 0 bridgehead atoms. The van der Waals surface area contributed by atoms with Crippen molar-refractivity contribution in [3.63, 3.8) is 0 Å².